The van der Waals surface area contributed by atoms with E-state index in [0.717, 1.165) is 11.1 Å². The molecule has 9 nitrogen and oxygen atoms in total. The summed E-state index contributed by atoms with van der Waals surface area (Å²) in [5.41, 5.74) is 3.19. The van der Waals surface area contributed by atoms with Gasteiger partial charge >= 0.3 is 5.97 Å². The van der Waals surface area contributed by atoms with Gasteiger partial charge in [-0.3, -0.25) is 9.36 Å². The first-order valence-electron chi connectivity index (χ1n) is 14.7. The smallest absolute Gasteiger partial charge is 0.338 e. The molecule has 1 aliphatic heterocycles. The number of hydrogen-bond acceptors (Lipinski definition) is 9. The highest BCUT2D eigenvalue weighted by atomic mass is 32.1. The Kier molecular flexibility index (Phi) is 9.80. The maximum absolute atomic E-state index is 14.1. The molecule has 0 amide bonds. The van der Waals surface area contributed by atoms with E-state index in [0.29, 0.717) is 62.2 Å². The van der Waals surface area contributed by atoms with Gasteiger partial charge in [0.2, 0.25) is 0 Å². The van der Waals surface area contributed by atoms with Crippen LogP contribution in [0.5, 0.6) is 17.2 Å². The quantitative estimate of drug-likeness (QED) is 0.215. The van der Waals surface area contributed by atoms with Gasteiger partial charge < -0.3 is 18.9 Å². The predicted octanol–water partition coefficient (Wildman–Crippen LogP) is 5.05. The molecule has 1 atom stereocenters. The standard InChI is InChI=1S/C35H33N3O6S/c1-5-41-27-15-11-10-14-26(27)32-31(34(40)43-7-3)22(4)37-35-38(32)33(39)30(45-35)19-23-16-17-28(29(18-23)42-6-2)44-21-25-13-9-8-12-24(25)20-36/h8-19,32H,5-7,21H2,1-4H3/b30-19-/t32-/m1/s1. The maximum Gasteiger partial charge on any atom is 0.338 e. The number of carbonyl (C=O) groups is 1. The van der Waals surface area contributed by atoms with E-state index in [1.807, 2.05) is 68.4 Å². The number of nitriles is 1. The molecule has 3 aromatic carbocycles. The van der Waals surface area contributed by atoms with Crippen molar-refractivity contribution in [2.75, 3.05) is 19.8 Å². The summed E-state index contributed by atoms with van der Waals surface area (Å²) in [7, 11) is 0. The Hall–Kier alpha value is -5.14. The van der Waals surface area contributed by atoms with Gasteiger partial charge in [-0.15, -0.1) is 0 Å². The molecule has 2 heterocycles. The van der Waals surface area contributed by atoms with E-state index in [1.165, 1.54) is 11.3 Å². The van der Waals surface area contributed by atoms with E-state index in [1.54, 1.807) is 36.6 Å². The van der Waals surface area contributed by atoms with Crippen molar-refractivity contribution in [3.05, 3.63) is 120 Å². The molecule has 45 heavy (non-hydrogen) atoms. The second kappa shape index (κ2) is 14.1. The fourth-order valence-electron chi connectivity index (χ4n) is 5.14. The van der Waals surface area contributed by atoms with Gasteiger partial charge in [-0.2, -0.15) is 5.26 Å². The monoisotopic (exact) mass is 623 g/mol. The first-order valence-corrected chi connectivity index (χ1v) is 15.5. The number of allylic oxidation sites excluding steroid dienone is 1. The molecule has 0 bridgehead atoms. The molecule has 0 spiro atoms. The zero-order chi connectivity index (χ0) is 31.9. The summed E-state index contributed by atoms with van der Waals surface area (Å²) in [5, 5.41) is 9.41. The third-order valence-electron chi connectivity index (χ3n) is 7.12. The Labute approximate surface area is 264 Å². The fraction of sp³-hybridized carbons (Fsp3) is 0.257. The zero-order valence-electron chi connectivity index (χ0n) is 25.5. The van der Waals surface area contributed by atoms with Gasteiger partial charge in [-0.1, -0.05) is 53.8 Å². The molecule has 0 saturated heterocycles. The molecule has 0 unspecified atom stereocenters. The van der Waals surface area contributed by atoms with E-state index in [-0.39, 0.29) is 18.8 Å². The van der Waals surface area contributed by atoms with Crippen LogP contribution in [-0.2, 0) is 16.1 Å². The minimum absolute atomic E-state index is 0.187. The van der Waals surface area contributed by atoms with Crippen molar-refractivity contribution < 1.29 is 23.7 Å². The summed E-state index contributed by atoms with van der Waals surface area (Å²) in [6, 6.07) is 21.5. The lowest BCUT2D eigenvalue weighted by molar-refractivity contribution is -0.139. The molecule has 0 saturated carbocycles. The van der Waals surface area contributed by atoms with Crippen molar-refractivity contribution >= 4 is 23.4 Å². The molecule has 1 aliphatic rings. The average molecular weight is 624 g/mol. The summed E-state index contributed by atoms with van der Waals surface area (Å²) in [6.45, 7) is 8.47. The number of thiazole rings is 1. The second-order valence-corrected chi connectivity index (χ2v) is 11.0. The Morgan fingerprint density at radius 1 is 0.956 bits per heavy atom. The molecular formula is C35H33N3O6S. The summed E-state index contributed by atoms with van der Waals surface area (Å²) in [5.74, 6) is 1.08. The zero-order valence-corrected chi connectivity index (χ0v) is 26.3. The molecule has 10 heteroatoms. The number of fused-ring (bicyclic) bond motifs is 1. The number of benzene rings is 3. The highest BCUT2D eigenvalue weighted by molar-refractivity contribution is 7.07. The van der Waals surface area contributed by atoms with Crippen LogP contribution in [-0.4, -0.2) is 30.4 Å². The molecule has 0 fully saturated rings. The molecule has 0 radical (unpaired) electrons. The summed E-state index contributed by atoms with van der Waals surface area (Å²) in [6.07, 6.45) is 1.77. The van der Waals surface area contributed by atoms with E-state index in [4.69, 9.17) is 18.9 Å². The van der Waals surface area contributed by atoms with Crippen molar-refractivity contribution in [2.24, 2.45) is 4.99 Å². The fourth-order valence-corrected chi connectivity index (χ4v) is 6.19. The highest BCUT2D eigenvalue weighted by Crippen LogP contribution is 2.36. The minimum Gasteiger partial charge on any atom is -0.494 e. The largest absolute Gasteiger partial charge is 0.494 e. The lowest BCUT2D eigenvalue weighted by atomic mass is 9.95. The Morgan fingerprint density at radius 2 is 1.69 bits per heavy atom. The van der Waals surface area contributed by atoms with Gasteiger partial charge in [0.25, 0.3) is 5.56 Å². The van der Waals surface area contributed by atoms with Crippen LogP contribution in [0.3, 0.4) is 0 Å². The Bertz CT molecular complexity index is 1990. The third kappa shape index (κ3) is 6.54. The minimum atomic E-state index is -0.781. The van der Waals surface area contributed by atoms with Crippen LogP contribution in [0.2, 0.25) is 0 Å². The van der Waals surface area contributed by atoms with Gasteiger partial charge in [0, 0.05) is 11.1 Å². The Morgan fingerprint density at radius 3 is 2.44 bits per heavy atom. The maximum atomic E-state index is 14.1. The van der Waals surface area contributed by atoms with Crippen LogP contribution < -0.4 is 29.1 Å². The second-order valence-electron chi connectivity index (χ2n) is 9.97. The van der Waals surface area contributed by atoms with E-state index in [9.17, 15) is 14.9 Å². The van der Waals surface area contributed by atoms with Crippen molar-refractivity contribution in [1.82, 2.24) is 4.57 Å². The van der Waals surface area contributed by atoms with Crippen LogP contribution in [0.25, 0.3) is 6.08 Å². The SMILES string of the molecule is CCOC(=O)C1=C(C)N=c2s/c(=C\c3ccc(OCc4ccccc4C#N)c(OCC)c3)c(=O)n2[C@@H]1c1ccccc1OCC. The third-order valence-corrected chi connectivity index (χ3v) is 8.10. The number of rotatable bonds is 11. The summed E-state index contributed by atoms with van der Waals surface area (Å²) in [4.78, 5) is 32.5. The van der Waals surface area contributed by atoms with Crippen LogP contribution in [0.15, 0.2) is 87.8 Å². The van der Waals surface area contributed by atoms with E-state index < -0.39 is 12.0 Å². The number of aromatic nitrogens is 1. The molecule has 5 rings (SSSR count). The normalized spacial score (nSPS) is 14.3. The van der Waals surface area contributed by atoms with Crippen molar-refractivity contribution in [3.8, 4) is 23.3 Å². The molecule has 0 aliphatic carbocycles. The molecule has 1 aromatic heterocycles. The average Bonchev–Trinajstić information content (AvgIpc) is 3.34. The molecule has 4 aromatic rings. The number of ether oxygens (including phenoxy) is 4. The van der Waals surface area contributed by atoms with E-state index in [2.05, 4.69) is 11.1 Å². The molecule has 230 valence electrons. The van der Waals surface area contributed by atoms with Crippen molar-refractivity contribution in [2.45, 2.75) is 40.3 Å². The van der Waals surface area contributed by atoms with Gasteiger partial charge in [0.05, 0.1) is 47.3 Å². The van der Waals surface area contributed by atoms with Crippen LogP contribution in [0.4, 0.5) is 0 Å². The van der Waals surface area contributed by atoms with Crippen LogP contribution in [0.1, 0.15) is 56.0 Å². The number of hydrogen-bond donors (Lipinski definition) is 0. The topological polar surface area (TPSA) is 112 Å². The lowest BCUT2D eigenvalue weighted by Crippen LogP contribution is -2.40. The van der Waals surface area contributed by atoms with Gasteiger partial charge in [-0.05, 0) is 63.6 Å². The summed E-state index contributed by atoms with van der Waals surface area (Å²) < 4.78 is 25.2. The number of nitrogens with zero attached hydrogens (tertiary/aromatic N) is 3. The van der Waals surface area contributed by atoms with Crippen LogP contribution >= 0.6 is 11.3 Å². The Balaban J connectivity index is 1.58. The van der Waals surface area contributed by atoms with Crippen LogP contribution in [0, 0.1) is 11.3 Å². The van der Waals surface area contributed by atoms with Crippen molar-refractivity contribution in [1.29, 1.82) is 5.26 Å². The lowest BCUT2D eigenvalue weighted by Gasteiger charge is -2.26. The number of carbonyl (C=O) groups excluding carboxylic acids is 1. The first-order chi connectivity index (χ1) is 21.9. The summed E-state index contributed by atoms with van der Waals surface area (Å²) >= 11 is 1.24. The van der Waals surface area contributed by atoms with Gasteiger partial charge in [-0.25, -0.2) is 9.79 Å². The van der Waals surface area contributed by atoms with Crippen molar-refractivity contribution in [3.63, 3.8) is 0 Å². The first kappa shape index (κ1) is 31.3. The molecular weight excluding hydrogens is 590 g/mol. The number of esters is 1. The van der Waals surface area contributed by atoms with Gasteiger partial charge in [0.1, 0.15) is 18.4 Å². The van der Waals surface area contributed by atoms with E-state index >= 15 is 0 Å². The molecule has 0 N–H and O–H groups in total. The highest BCUT2D eigenvalue weighted by Gasteiger charge is 2.35. The number of para-hydroxylation sites is 1. The predicted molar refractivity (Wildman–Crippen MR) is 171 cm³/mol. The van der Waals surface area contributed by atoms with Gasteiger partial charge in [0.15, 0.2) is 16.3 Å².